The van der Waals surface area contributed by atoms with E-state index in [-0.39, 0.29) is 30.3 Å². The van der Waals surface area contributed by atoms with Crippen LogP contribution in [0.1, 0.15) is 31.2 Å². The zero-order chi connectivity index (χ0) is 18.7. The van der Waals surface area contributed by atoms with Crippen molar-refractivity contribution in [1.82, 2.24) is 15.2 Å². The average molecular weight is 355 g/mol. The minimum absolute atomic E-state index is 0.0564. The standard InChI is InChI=1S/C18H17N3O5/c1-25-12-8-11(9-13(10-12)26-2)16(22)20-6-7-21-17(23)14-4-3-5-19-15(14)18(21)24/h3-5,8-10H,6-7H2,1-2H3,(H,20,22). The maximum atomic E-state index is 12.3. The van der Waals surface area contributed by atoms with Gasteiger partial charge >= 0.3 is 0 Å². The van der Waals surface area contributed by atoms with Crippen molar-refractivity contribution in [1.29, 1.82) is 0 Å². The summed E-state index contributed by atoms with van der Waals surface area (Å²) in [7, 11) is 2.99. The van der Waals surface area contributed by atoms with E-state index >= 15 is 0 Å². The van der Waals surface area contributed by atoms with Crippen molar-refractivity contribution >= 4 is 17.7 Å². The first-order valence-corrected chi connectivity index (χ1v) is 7.87. The van der Waals surface area contributed by atoms with Crippen molar-refractivity contribution in [2.45, 2.75) is 0 Å². The van der Waals surface area contributed by atoms with Crippen LogP contribution >= 0.6 is 0 Å². The zero-order valence-electron chi connectivity index (χ0n) is 14.3. The average Bonchev–Trinajstić information content (AvgIpc) is 2.92. The molecule has 1 aliphatic heterocycles. The first-order chi connectivity index (χ1) is 12.5. The number of aromatic nitrogens is 1. The summed E-state index contributed by atoms with van der Waals surface area (Å²) in [6.07, 6.45) is 1.46. The Kier molecular flexibility index (Phi) is 4.83. The number of carbonyl (C=O) groups excluding carboxylic acids is 3. The van der Waals surface area contributed by atoms with E-state index in [1.54, 1.807) is 30.3 Å². The van der Waals surface area contributed by atoms with E-state index in [1.807, 2.05) is 0 Å². The SMILES string of the molecule is COc1cc(OC)cc(C(=O)NCCN2C(=O)c3cccnc3C2=O)c1. The molecule has 0 saturated carbocycles. The Morgan fingerprint density at radius 1 is 1.12 bits per heavy atom. The molecule has 26 heavy (non-hydrogen) atoms. The van der Waals surface area contributed by atoms with Gasteiger partial charge < -0.3 is 14.8 Å². The molecule has 2 aromatic rings. The number of methoxy groups -OCH3 is 2. The normalized spacial score (nSPS) is 12.8. The molecule has 8 nitrogen and oxygen atoms in total. The third kappa shape index (κ3) is 3.21. The molecule has 0 radical (unpaired) electrons. The smallest absolute Gasteiger partial charge is 0.280 e. The van der Waals surface area contributed by atoms with Crippen LogP contribution in [-0.2, 0) is 0 Å². The second-order valence-electron chi connectivity index (χ2n) is 5.52. The number of imide groups is 1. The van der Waals surface area contributed by atoms with Gasteiger partial charge in [0, 0.05) is 30.9 Å². The summed E-state index contributed by atoms with van der Waals surface area (Å²) in [5, 5.41) is 2.68. The first-order valence-electron chi connectivity index (χ1n) is 7.87. The molecule has 1 N–H and O–H groups in total. The molecule has 1 aliphatic rings. The van der Waals surface area contributed by atoms with Gasteiger partial charge in [-0.15, -0.1) is 0 Å². The summed E-state index contributed by atoms with van der Waals surface area (Å²) in [5.41, 5.74) is 0.771. The molecule has 3 amide bonds. The molecule has 0 spiro atoms. The summed E-state index contributed by atoms with van der Waals surface area (Å²) in [6.45, 7) is 0.171. The second-order valence-corrected chi connectivity index (χ2v) is 5.52. The van der Waals surface area contributed by atoms with Crippen molar-refractivity contribution in [2.24, 2.45) is 0 Å². The topological polar surface area (TPSA) is 97.8 Å². The lowest BCUT2D eigenvalue weighted by Gasteiger charge is -2.14. The Morgan fingerprint density at radius 2 is 1.81 bits per heavy atom. The summed E-state index contributed by atoms with van der Waals surface area (Å²) in [4.78, 5) is 41.8. The van der Waals surface area contributed by atoms with E-state index in [0.717, 1.165) is 4.90 Å². The van der Waals surface area contributed by atoms with Crippen molar-refractivity contribution in [2.75, 3.05) is 27.3 Å². The van der Waals surface area contributed by atoms with Gasteiger partial charge in [-0.05, 0) is 24.3 Å². The van der Waals surface area contributed by atoms with Gasteiger partial charge in [0.05, 0.1) is 19.8 Å². The molecule has 8 heteroatoms. The van der Waals surface area contributed by atoms with Crippen LogP contribution < -0.4 is 14.8 Å². The fraction of sp³-hybridized carbons (Fsp3) is 0.222. The van der Waals surface area contributed by atoms with E-state index in [2.05, 4.69) is 10.3 Å². The van der Waals surface area contributed by atoms with Crippen molar-refractivity contribution in [3.8, 4) is 11.5 Å². The number of hydrogen-bond donors (Lipinski definition) is 1. The lowest BCUT2D eigenvalue weighted by molar-refractivity contribution is 0.0648. The van der Waals surface area contributed by atoms with Gasteiger partial charge in [0.25, 0.3) is 17.7 Å². The van der Waals surface area contributed by atoms with Crippen molar-refractivity contribution in [3.05, 3.63) is 53.3 Å². The van der Waals surface area contributed by atoms with Gasteiger partial charge in [-0.25, -0.2) is 0 Å². The number of amides is 3. The van der Waals surface area contributed by atoms with Crippen LogP contribution in [0.25, 0.3) is 0 Å². The maximum absolute atomic E-state index is 12.3. The monoisotopic (exact) mass is 355 g/mol. The minimum atomic E-state index is -0.456. The summed E-state index contributed by atoms with van der Waals surface area (Å²) in [5.74, 6) is -0.253. The number of ether oxygens (including phenoxy) is 2. The molecule has 0 bridgehead atoms. The highest BCUT2D eigenvalue weighted by atomic mass is 16.5. The molecular weight excluding hydrogens is 338 g/mol. The van der Waals surface area contributed by atoms with E-state index in [4.69, 9.17) is 9.47 Å². The number of fused-ring (bicyclic) bond motifs is 1. The first kappa shape index (κ1) is 17.4. The number of benzene rings is 1. The van der Waals surface area contributed by atoms with E-state index in [0.29, 0.717) is 17.1 Å². The minimum Gasteiger partial charge on any atom is -0.497 e. The largest absolute Gasteiger partial charge is 0.497 e. The summed E-state index contributed by atoms with van der Waals surface area (Å²) < 4.78 is 10.3. The number of nitrogens with zero attached hydrogens (tertiary/aromatic N) is 2. The molecule has 0 aliphatic carbocycles. The lowest BCUT2D eigenvalue weighted by atomic mass is 10.2. The van der Waals surface area contributed by atoms with Gasteiger partial charge in [-0.1, -0.05) is 0 Å². The van der Waals surface area contributed by atoms with Gasteiger partial charge in [-0.3, -0.25) is 24.3 Å². The third-order valence-electron chi connectivity index (χ3n) is 3.97. The van der Waals surface area contributed by atoms with Gasteiger partial charge in [0.15, 0.2) is 0 Å². The number of carbonyl (C=O) groups is 3. The molecule has 0 atom stereocenters. The van der Waals surface area contributed by atoms with Crippen LogP contribution in [0.5, 0.6) is 11.5 Å². The molecule has 3 rings (SSSR count). The zero-order valence-corrected chi connectivity index (χ0v) is 14.3. The van der Waals surface area contributed by atoms with Crippen molar-refractivity contribution < 1.29 is 23.9 Å². The highest BCUT2D eigenvalue weighted by molar-refractivity contribution is 6.20. The van der Waals surface area contributed by atoms with Gasteiger partial charge in [0.2, 0.25) is 0 Å². The van der Waals surface area contributed by atoms with Crippen LogP contribution in [0.2, 0.25) is 0 Å². The lowest BCUT2D eigenvalue weighted by Crippen LogP contribution is -2.38. The molecular formula is C18H17N3O5. The summed E-state index contributed by atoms with van der Waals surface area (Å²) >= 11 is 0. The second kappa shape index (κ2) is 7.22. The van der Waals surface area contributed by atoms with E-state index < -0.39 is 11.8 Å². The molecule has 0 fully saturated rings. The number of rotatable bonds is 6. The maximum Gasteiger partial charge on any atom is 0.280 e. The Hall–Kier alpha value is -3.42. The van der Waals surface area contributed by atoms with E-state index in [1.165, 1.54) is 20.4 Å². The van der Waals surface area contributed by atoms with Crippen LogP contribution in [0.3, 0.4) is 0 Å². The molecule has 2 heterocycles. The van der Waals surface area contributed by atoms with Gasteiger partial charge in [0.1, 0.15) is 17.2 Å². The summed E-state index contributed by atoms with van der Waals surface area (Å²) in [6, 6.07) is 7.96. The Balaban J connectivity index is 1.63. The Morgan fingerprint density at radius 3 is 2.42 bits per heavy atom. The van der Waals surface area contributed by atoms with Gasteiger partial charge in [-0.2, -0.15) is 0 Å². The highest BCUT2D eigenvalue weighted by Gasteiger charge is 2.36. The predicted molar refractivity (Wildman–Crippen MR) is 91.5 cm³/mol. The van der Waals surface area contributed by atoms with Crippen LogP contribution in [0.4, 0.5) is 0 Å². The molecule has 0 saturated heterocycles. The van der Waals surface area contributed by atoms with Crippen molar-refractivity contribution in [3.63, 3.8) is 0 Å². The Bertz CT molecular complexity index is 824. The fourth-order valence-corrected chi connectivity index (χ4v) is 2.64. The Labute approximate surface area is 149 Å². The van der Waals surface area contributed by atoms with Crippen LogP contribution in [0.15, 0.2) is 36.5 Å². The fourth-order valence-electron chi connectivity index (χ4n) is 2.64. The van der Waals surface area contributed by atoms with Crippen LogP contribution in [0, 0.1) is 0 Å². The number of nitrogens with one attached hydrogen (secondary N) is 1. The molecule has 0 unspecified atom stereocenters. The quantitative estimate of drug-likeness (QED) is 0.780. The number of hydrogen-bond acceptors (Lipinski definition) is 6. The molecule has 134 valence electrons. The third-order valence-corrected chi connectivity index (χ3v) is 3.97. The van der Waals surface area contributed by atoms with E-state index in [9.17, 15) is 14.4 Å². The van der Waals surface area contributed by atoms with Crippen LogP contribution in [-0.4, -0.2) is 54.9 Å². The highest BCUT2D eigenvalue weighted by Crippen LogP contribution is 2.22. The number of pyridine rings is 1. The molecule has 1 aromatic carbocycles. The molecule has 1 aromatic heterocycles. The predicted octanol–water partition coefficient (Wildman–Crippen LogP) is 1.12.